The third-order valence-electron chi connectivity index (χ3n) is 2.09. The summed E-state index contributed by atoms with van der Waals surface area (Å²) < 4.78 is 13.0. The van der Waals surface area contributed by atoms with Crippen LogP contribution < -0.4 is 0 Å². The van der Waals surface area contributed by atoms with Crippen molar-refractivity contribution in [1.29, 1.82) is 0 Å². The minimum atomic E-state index is -0.366. The van der Waals surface area contributed by atoms with Crippen molar-refractivity contribution in [2.24, 2.45) is 0 Å². The van der Waals surface area contributed by atoms with E-state index in [1.54, 1.807) is 0 Å². The van der Waals surface area contributed by atoms with Crippen LogP contribution in [0, 0.1) is 5.95 Å². The fraction of sp³-hybridized carbons (Fsp3) is 0.545. The Morgan fingerprint density at radius 1 is 1.08 bits per heavy atom. The highest BCUT2D eigenvalue weighted by atomic mass is 19.1. The zero-order chi connectivity index (χ0) is 10.0. The van der Waals surface area contributed by atoms with Gasteiger partial charge in [-0.3, -0.25) is 0 Å². The number of pyridine rings is 1. The smallest absolute Gasteiger partial charge is 0.213 e. The van der Waals surface area contributed by atoms with Crippen molar-refractivity contribution in [3.63, 3.8) is 0 Å². The van der Waals surface area contributed by atoms with Crippen molar-refractivity contribution < 1.29 is 4.39 Å². The molecule has 0 N–H and O–H groups in total. The van der Waals surface area contributed by atoms with Crippen molar-refractivity contribution in [2.75, 3.05) is 0 Å². The quantitative estimate of drug-likeness (QED) is 0.637. The lowest BCUT2D eigenvalue weighted by atomic mass is 10.0. The van der Waals surface area contributed by atoms with Crippen molar-refractivity contribution in [3.8, 4) is 0 Å². The third-order valence-corrected chi connectivity index (χ3v) is 2.09. The molecule has 1 aromatic heterocycles. The van der Waals surface area contributed by atoms with Gasteiger partial charge < -0.3 is 0 Å². The predicted octanol–water partition coefficient (Wildman–Crippen LogP) is 3.47. The SMILES string of the molecule is CC(C)c1cc(F)nc(C(C)C)c1. The first-order chi connectivity index (χ1) is 6.00. The predicted molar refractivity (Wildman–Crippen MR) is 52.4 cm³/mol. The maximum absolute atomic E-state index is 13.0. The van der Waals surface area contributed by atoms with Gasteiger partial charge in [-0.2, -0.15) is 4.39 Å². The summed E-state index contributed by atoms with van der Waals surface area (Å²) in [4.78, 5) is 3.85. The fourth-order valence-electron chi connectivity index (χ4n) is 1.17. The van der Waals surface area contributed by atoms with Gasteiger partial charge in [0, 0.05) is 5.69 Å². The molecule has 0 unspecified atom stereocenters. The topological polar surface area (TPSA) is 12.9 Å². The lowest BCUT2D eigenvalue weighted by Gasteiger charge is -2.09. The van der Waals surface area contributed by atoms with Crippen molar-refractivity contribution in [2.45, 2.75) is 39.5 Å². The van der Waals surface area contributed by atoms with E-state index in [9.17, 15) is 4.39 Å². The van der Waals surface area contributed by atoms with Gasteiger partial charge in [-0.05, 0) is 29.5 Å². The Bertz CT molecular complexity index is 266. The van der Waals surface area contributed by atoms with Crippen LogP contribution in [0.1, 0.15) is 50.8 Å². The van der Waals surface area contributed by atoms with E-state index >= 15 is 0 Å². The summed E-state index contributed by atoms with van der Waals surface area (Å²) in [6.07, 6.45) is 0. The first-order valence-corrected chi connectivity index (χ1v) is 4.68. The summed E-state index contributed by atoms with van der Waals surface area (Å²) in [7, 11) is 0. The lowest BCUT2D eigenvalue weighted by molar-refractivity contribution is 0.566. The summed E-state index contributed by atoms with van der Waals surface area (Å²) in [5.74, 6) is 0.276. The number of rotatable bonds is 2. The first-order valence-electron chi connectivity index (χ1n) is 4.68. The molecular weight excluding hydrogens is 165 g/mol. The zero-order valence-electron chi connectivity index (χ0n) is 8.63. The van der Waals surface area contributed by atoms with Crippen LogP contribution in [0.4, 0.5) is 4.39 Å². The van der Waals surface area contributed by atoms with Gasteiger partial charge in [0.2, 0.25) is 5.95 Å². The molecule has 0 aliphatic heterocycles. The van der Waals surface area contributed by atoms with E-state index in [2.05, 4.69) is 18.8 Å². The molecule has 0 saturated heterocycles. The highest BCUT2D eigenvalue weighted by Gasteiger charge is 2.07. The Labute approximate surface area is 79.0 Å². The van der Waals surface area contributed by atoms with E-state index in [0.717, 1.165) is 11.3 Å². The van der Waals surface area contributed by atoms with Gasteiger partial charge in [0.05, 0.1) is 0 Å². The molecule has 2 heteroatoms. The van der Waals surface area contributed by atoms with E-state index < -0.39 is 0 Å². The number of halogens is 1. The van der Waals surface area contributed by atoms with Crippen LogP contribution in [0.5, 0.6) is 0 Å². The monoisotopic (exact) mass is 181 g/mol. The molecule has 13 heavy (non-hydrogen) atoms. The summed E-state index contributed by atoms with van der Waals surface area (Å²) in [5, 5.41) is 0. The molecule has 0 saturated carbocycles. The molecule has 0 atom stereocenters. The number of hydrogen-bond donors (Lipinski definition) is 0. The standard InChI is InChI=1S/C11H16FN/c1-7(2)9-5-10(8(3)4)13-11(12)6-9/h5-8H,1-4H3. The van der Waals surface area contributed by atoms with E-state index in [0.29, 0.717) is 5.92 Å². The molecule has 0 bridgehead atoms. The maximum atomic E-state index is 13.0. The van der Waals surface area contributed by atoms with Gasteiger partial charge in [-0.25, -0.2) is 4.98 Å². The second kappa shape index (κ2) is 3.86. The van der Waals surface area contributed by atoms with Crippen LogP contribution in [-0.2, 0) is 0 Å². The summed E-state index contributed by atoms with van der Waals surface area (Å²) >= 11 is 0. The minimum Gasteiger partial charge on any atom is -0.225 e. The highest BCUT2D eigenvalue weighted by Crippen LogP contribution is 2.19. The van der Waals surface area contributed by atoms with E-state index in [1.807, 2.05) is 19.9 Å². The van der Waals surface area contributed by atoms with Crippen molar-refractivity contribution in [3.05, 3.63) is 29.3 Å². The summed E-state index contributed by atoms with van der Waals surface area (Å²) in [6, 6.07) is 3.50. The number of hydrogen-bond acceptors (Lipinski definition) is 1. The van der Waals surface area contributed by atoms with Crippen LogP contribution in [0.15, 0.2) is 12.1 Å². The van der Waals surface area contributed by atoms with Crippen molar-refractivity contribution >= 4 is 0 Å². The molecule has 1 rings (SSSR count). The van der Waals surface area contributed by atoms with Gasteiger partial charge in [0.15, 0.2) is 0 Å². The van der Waals surface area contributed by atoms with Gasteiger partial charge >= 0.3 is 0 Å². The maximum Gasteiger partial charge on any atom is 0.213 e. The van der Waals surface area contributed by atoms with E-state index in [1.165, 1.54) is 6.07 Å². The average Bonchev–Trinajstić information content (AvgIpc) is 2.03. The molecule has 1 heterocycles. The lowest BCUT2D eigenvalue weighted by Crippen LogP contribution is -1.99. The minimum absolute atomic E-state index is 0.285. The van der Waals surface area contributed by atoms with Crippen LogP contribution in [0.3, 0.4) is 0 Å². The molecular formula is C11H16FN. The molecule has 0 aromatic carbocycles. The van der Waals surface area contributed by atoms with Crippen LogP contribution in [0.2, 0.25) is 0 Å². The fourth-order valence-corrected chi connectivity index (χ4v) is 1.17. The highest BCUT2D eigenvalue weighted by molar-refractivity contribution is 5.21. The van der Waals surface area contributed by atoms with E-state index in [-0.39, 0.29) is 11.9 Å². The first kappa shape index (κ1) is 10.2. The van der Waals surface area contributed by atoms with Gasteiger partial charge in [-0.15, -0.1) is 0 Å². The van der Waals surface area contributed by atoms with Crippen LogP contribution in [0.25, 0.3) is 0 Å². The Morgan fingerprint density at radius 3 is 2.15 bits per heavy atom. The average molecular weight is 181 g/mol. The largest absolute Gasteiger partial charge is 0.225 e. The molecule has 0 amide bonds. The second-order valence-corrected chi connectivity index (χ2v) is 3.96. The Kier molecular flexibility index (Phi) is 3.02. The normalized spacial score (nSPS) is 11.3. The van der Waals surface area contributed by atoms with Gasteiger partial charge in [0.25, 0.3) is 0 Å². The van der Waals surface area contributed by atoms with Crippen LogP contribution in [-0.4, -0.2) is 4.98 Å². The molecule has 0 aliphatic rings. The number of nitrogens with zero attached hydrogens (tertiary/aromatic N) is 1. The zero-order valence-corrected chi connectivity index (χ0v) is 8.63. The van der Waals surface area contributed by atoms with Gasteiger partial charge in [0.1, 0.15) is 0 Å². The second-order valence-electron chi connectivity index (χ2n) is 3.96. The van der Waals surface area contributed by atoms with E-state index in [4.69, 9.17) is 0 Å². The molecule has 1 aromatic rings. The van der Waals surface area contributed by atoms with Gasteiger partial charge in [-0.1, -0.05) is 27.7 Å². The molecule has 72 valence electrons. The Hall–Kier alpha value is -0.920. The molecule has 0 spiro atoms. The number of aromatic nitrogens is 1. The van der Waals surface area contributed by atoms with Crippen LogP contribution >= 0.6 is 0 Å². The Morgan fingerprint density at radius 2 is 1.69 bits per heavy atom. The molecule has 0 fully saturated rings. The summed E-state index contributed by atoms with van der Waals surface area (Å²) in [5.41, 5.74) is 1.86. The van der Waals surface area contributed by atoms with Crippen molar-refractivity contribution in [1.82, 2.24) is 4.98 Å². The molecule has 0 radical (unpaired) electrons. The molecule has 1 nitrogen and oxygen atoms in total. The summed E-state index contributed by atoms with van der Waals surface area (Å²) in [6.45, 7) is 8.15. The Balaban J connectivity index is 3.11. The molecule has 0 aliphatic carbocycles. The third kappa shape index (κ3) is 2.51.